The highest BCUT2D eigenvalue weighted by Crippen LogP contribution is 2.25. The van der Waals surface area contributed by atoms with Crippen LogP contribution in [0, 0.1) is 20.8 Å². The predicted molar refractivity (Wildman–Crippen MR) is 146 cm³/mol. The maximum absolute atomic E-state index is 13.4. The summed E-state index contributed by atoms with van der Waals surface area (Å²) in [5.41, 5.74) is 4.56. The molecular weight excluding hydrogens is 474 g/mol. The molecule has 1 unspecified atom stereocenters. The lowest BCUT2D eigenvalue weighted by Crippen LogP contribution is -2.48. The van der Waals surface area contributed by atoms with Crippen LogP contribution >= 0.6 is 0 Å². The Balaban J connectivity index is 2.19. The van der Waals surface area contributed by atoms with Gasteiger partial charge in [-0.2, -0.15) is 0 Å². The third kappa shape index (κ3) is 8.08. The number of amides is 2. The molecule has 0 aromatic heterocycles. The molecule has 8 heteroatoms. The number of carbonyl (C=O) groups is 2. The van der Waals surface area contributed by atoms with Crippen molar-refractivity contribution < 1.29 is 18.0 Å². The summed E-state index contributed by atoms with van der Waals surface area (Å²) < 4.78 is 26.5. The molecule has 0 aliphatic heterocycles. The Morgan fingerprint density at radius 3 is 2.28 bits per heavy atom. The minimum absolute atomic E-state index is 0.134. The molecule has 0 saturated carbocycles. The van der Waals surface area contributed by atoms with Crippen LogP contribution < -0.4 is 9.62 Å². The molecule has 0 bridgehead atoms. The number of hydrogen-bond donors (Lipinski definition) is 1. The van der Waals surface area contributed by atoms with Crippen LogP contribution in [0.25, 0.3) is 0 Å². The predicted octanol–water partition coefficient (Wildman–Crippen LogP) is 4.49. The first-order valence-corrected chi connectivity index (χ1v) is 14.5. The van der Waals surface area contributed by atoms with Crippen molar-refractivity contribution in [1.29, 1.82) is 0 Å². The molecule has 2 aromatic carbocycles. The number of nitrogens with one attached hydrogen (secondary N) is 1. The first-order valence-electron chi connectivity index (χ1n) is 12.6. The highest BCUT2D eigenvalue weighted by atomic mass is 32.2. The smallest absolute Gasteiger partial charge is 0.242 e. The summed E-state index contributed by atoms with van der Waals surface area (Å²) in [5, 5.41) is 2.93. The van der Waals surface area contributed by atoms with Gasteiger partial charge in [-0.3, -0.25) is 13.9 Å². The lowest BCUT2D eigenvalue weighted by molar-refractivity contribution is -0.140. The molecule has 0 saturated heterocycles. The maximum Gasteiger partial charge on any atom is 0.242 e. The van der Waals surface area contributed by atoms with Gasteiger partial charge in [0.25, 0.3) is 0 Å². The summed E-state index contributed by atoms with van der Waals surface area (Å²) in [6, 6.07) is 12.7. The summed E-state index contributed by atoms with van der Waals surface area (Å²) >= 11 is 0. The minimum Gasteiger partial charge on any atom is -0.354 e. The first kappa shape index (κ1) is 29.4. The SMILES string of the molecule is CCCCNC(=O)C(C)N(Cc1ccccc1C)C(=O)CCCN(c1cccc(C)c1C)S(C)(=O)=O. The van der Waals surface area contributed by atoms with Gasteiger partial charge in [-0.15, -0.1) is 0 Å². The van der Waals surface area contributed by atoms with E-state index in [4.69, 9.17) is 0 Å². The number of benzene rings is 2. The van der Waals surface area contributed by atoms with Gasteiger partial charge in [0, 0.05) is 26.1 Å². The third-order valence-corrected chi connectivity index (χ3v) is 7.78. The fraction of sp³-hybridized carbons (Fsp3) is 0.500. The summed E-state index contributed by atoms with van der Waals surface area (Å²) in [6.07, 6.45) is 3.51. The Morgan fingerprint density at radius 2 is 1.64 bits per heavy atom. The summed E-state index contributed by atoms with van der Waals surface area (Å²) in [7, 11) is -3.53. The van der Waals surface area contributed by atoms with Crippen molar-refractivity contribution in [2.45, 2.75) is 72.9 Å². The molecule has 2 amide bonds. The molecule has 0 fully saturated rings. The van der Waals surface area contributed by atoms with E-state index in [9.17, 15) is 18.0 Å². The summed E-state index contributed by atoms with van der Waals surface area (Å²) in [5.74, 6) is -0.357. The quantitative estimate of drug-likeness (QED) is 0.398. The standard InChI is InChI=1S/C28H41N3O4S/c1-7-8-18-29-28(33)24(5)30(20-25-15-10-9-13-22(25)3)27(32)17-12-19-31(36(6,34)35)26-16-11-14-21(2)23(26)4/h9-11,13-16,24H,7-8,12,17-20H2,1-6H3,(H,29,33). The summed E-state index contributed by atoms with van der Waals surface area (Å²) in [4.78, 5) is 27.8. The molecule has 1 atom stereocenters. The molecule has 0 heterocycles. The minimum atomic E-state index is -3.53. The zero-order chi connectivity index (χ0) is 26.9. The van der Waals surface area contributed by atoms with Gasteiger partial charge < -0.3 is 10.2 Å². The van der Waals surface area contributed by atoms with E-state index in [0.717, 1.165) is 35.1 Å². The largest absolute Gasteiger partial charge is 0.354 e. The van der Waals surface area contributed by atoms with E-state index >= 15 is 0 Å². The molecule has 0 aliphatic carbocycles. The Hall–Kier alpha value is -2.87. The van der Waals surface area contributed by atoms with Crippen LogP contribution in [0.5, 0.6) is 0 Å². The normalized spacial score (nSPS) is 12.2. The highest BCUT2D eigenvalue weighted by Gasteiger charge is 2.27. The van der Waals surface area contributed by atoms with Gasteiger partial charge in [0.15, 0.2) is 0 Å². The third-order valence-electron chi connectivity index (χ3n) is 6.60. The van der Waals surface area contributed by atoms with E-state index in [-0.39, 0.29) is 24.8 Å². The summed E-state index contributed by atoms with van der Waals surface area (Å²) in [6.45, 7) is 10.7. The fourth-order valence-electron chi connectivity index (χ4n) is 4.08. The van der Waals surface area contributed by atoms with Crippen molar-refractivity contribution in [2.75, 3.05) is 23.7 Å². The number of hydrogen-bond acceptors (Lipinski definition) is 4. The number of sulfonamides is 1. The second-order valence-corrected chi connectivity index (χ2v) is 11.3. The Bertz CT molecular complexity index is 1150. The van der Waals surface area contributed by atoms with E-state index in [0.29, 0.717) is 25.2 Å². The number of aryl methyl sites for hydroxylation is 2. The lowest BCUT2D eigenvalue weighted by Gasteiger charge is -2.30. The molecule has 0 aliphatic rings. The van der Waals surface area contributed by atoms with Crippen LogP contribution in [-0.4, -0.2) is 50.5 Å². The zero-order valence-corrected chi connectivity index (χ0v) is 23.3. The van der Waals surface area contributed by atoms with Gasteiger partial charge >= 0.3 is 0 Å². The van der Waals surface area contributed by atoms with E-state index in [2.05, 4.69) is 12.2 Å². The van der Waals surface area contributed by atoms with Crippen molar-refractivity contribution >= 4 is 27.5 Å². The van der Waals surface area contributed by atoms with Crippen molar-refractivity contribution in [3.63, 3.8) is 0 Å². The van der Waals surface area contributed by atoms with Crippen molar-refractivity contribution in [2.24, 2.45) is 0 Å². The van der Waals surface area contributed by atoms with Gasteiger partial charge in [-0.1, -0.05) is 49.7 Å². The maximum atomic E-state index is 13.4. The van der Waals surface area contributed by atoms with E-state index in [1.54, 1.807) is 17.9 Å². The van der Waals surface area contributed by atoms with Crippen molar-refractivity contribution in [1.82, 2.24) is 10.2 Å². The van der Waals surface area contributed by atoms with Crippen molar-refractivity contribution in [3.8, 4) is 0 Å². The Kier molecular flexibility index (Phi) is 11.0. The van der Waals surface area contributed by atoms with Gasteiger partial charge in [-0.05, 0) is 68.9 Å². The number of carbonyl (C=O) groups excluding carboxylic acids is 2. The number of nitrogens with zero attached hydrogens (tertiary/aromatic N) is 2. The highest BCUT2D eigenvalue weighted by molar-refractivity contribution is 7.92. The fourth-order valence-corrected chi connectivity index (χ4v) is 5.09. The average molecular weight is 516 g/mol. The van der Waals surface area contributed by atoms with Crippen LogP contribution in [0.1, 0.15) is 61.8 Å². The van der Waals surface area contributed by atoms with Crippen LogP contribution in [0.4, 0.5) is 5.69 Å². The Labute approximate surface area is 216 Å². The molecule has 7 nitrogen and oxygen atoms in total. The molecule has 2 aromatic rings. The van der Waals surface area contributed by atoms with Crippen LogP contribution in [0.15, 0.2) is 42.5 Å². The van der Waals surface area contributed by atoms with E-state index in [1.807, 2.05) is 57.2 Å². The zero-order valence-electron chi connectivity index (χ0n) is 22.5. The second kappa shape index (κ2) is 13.4. The van der Waals surface area contributed by atoms with Gasteiger partial charge in [0.1, 0.15) is 6.04 Å². The second-order valence-electron chi connectivity index (χ2n) is 9.43. The lowest BCUT2D eigenvalue weighted by atomic mass is 10.1. The molecule has 2 rings (SSSR count). The van der Waals surface area contributed by atoms with Crippen LogP contribution in [-0.2, 0) is 26.2 Å². The van der Waals surface area contributed by atoms with Gasteiger partial charge in [0.05, 0.1) is 11.9 Å². The van der Waals surface area contributed by atoms with Gasteiger partial charge in [0.2, 0.25) is 21.8 Å². The number of anilines is 1. The number of rotatable bonds is 13. The van der Waals surface area contributed by atoms with Gasteiger partial charge in [-0.25, -0.2) is 8.42 Å². The van der Waals surface area contributed by atoms with Crippen LogP contribution in [0.3, 0.4) is 0 Å². The topological polar surface area (TPSA) is 86.8 Å². The van der Waals surface area contributed by atoms with E-state index in [1.165, 1.54) is 10.6 Å². The molecule has 36 heavy (non-hydrogen) atoms. The van der Waals surface area contributed by atoms with E-state index < -0.39 is 16.1 Å². The number of unbranched alkanes of at least 4 members (excludes halogenated alkanes) is 1. The first-order chi connectivity index (χ1) is 17.0. The molecule has 0 radical (unpaired) electrons. The van der Waals surface area contributed by atoms with Crippen LogP contribution in [0.2, 0.25) is 0 Å². The molecule has 0 spiro atoms. The van der Waals surface area contributed by atoms with Crippen molar-refractivity contribution in [3.05, 3.63) is 64.7 Å². The molecule has 1 N–H and O–H groups in total. The average Bonchev–Trinajstić information content (AvgIpc) is 2.82. The Morgan fingerprint density at radius 1 is 0.972 bits per heavy atom. The molecular formula is C28H41N3O4S. The molecule has 198 valence electrons. The monoisotopic (exact) mass is 515 g/mol.